The van der Waals surface area contributed by atoms with Gasteiger partial charge < -0.3 is 10.2 Å². The van der Waals surface area contributed by atoms with Crippen molar-refractivity contribution in [3.8, 4) is 0 Å². The lowest BCUT2D eigenvalue weighted by molar-refractivity contribution is -0.119. The first kappa shape index (κ1) is 11.3. The van der Waals surface area contributed by atoms with Crippen molar-refractivity contribution in [3.63, 3.8) is 0 Å². The Morgan fingerprint density at radius 2 is 2.28 bits per heavy atom. The summed E-state index contributed by atoms with van der Waals surface area (Å²) in [5.74, 6) is 0.106. The molecule has 18 heavy (non-hydrogen) atoms. The van der Waals surface area contributed by atoms with Gasteiger partial charge in [0.05, 0.1) is 12.1 Å². The van der Waals surface area contributed by atoms with Gasteiger partial charge in [0.1, 0.15) is 0 Å². The van der Waals surface area contributed by atoms with Gasteiger partial charge in [0.2, 0.25) is 5.91 Å². The van der Waals surface area contributed by atoms with Crippen LogP contribution in [0.3, 0.4) is 0 Å². The standard InChI is InChI=1S/C14H16N2O2/c1-9-3-2-4-10(7-9)14(18)16-6-5-11-12(16)8-13(17)15-11/h2-4,7,11-12H,5-6,8H2,1H3,(H,15,17)/t11-,12+/m0/s1. The molecule has 2 aliphatic rings. The first-order valence-corrected chi connectivity index (χ1v) is 6.32. The number of fused-ring (bicyclic) bond motifs is 1. The molecule has 0 spiro atoms. The number of carbonyl (C=O) groups is 2. The number of amides is 2. The fourth-order valence-electron chi connectivity index (χ4n) is 2.93. The lowest BCUT2D eigenvalue weighted by Gasteiger charge is -2.22. The fourth-order valence-corrected chi connectivity index (χ4v) is 2.93. The minimum atomic E-state index is 0.0442. The minimum absolute atomic E-state index is 0.0442. The van der Waals surface area contributed by atoms with Gasteiger partial charge in [-0.25, -0.2) is 0 Å². The lowest BCUT2D eigenvalue weighted by atomic mass is 10.1. The highest BCUT2D eigenvalue weighted by Gasteiger charge is 2.43. The topological polar surface area (TPSA) is 49.4 Å². The van der Waals surface area contributed by atoms with E-state index in [2.05, 4.69) is 5.32 Å². The van der Waals surface area contributed by atoms with Gasteiger partial charge in [-0.3, -0.25) is 9.59 Å². The van der Waals surface area contributed by atoms with E-state index >= 15 is 0 Å². The van der Waals surface area contributed by atoms with Crippen LogP contribution in [0, 0.1) is 6.92 Å². The van der Waals surface area contributed by atoms with E-state index in [-0.39, 0.29) is 23.9 Å². The summed E-state index contributed by atoms with van der Waals surface area (Å²) in [5, 5.41) is 2.93. The van der Waals surface area contributed by atoms with Crippen molar-refractivity contribution in [1.82, 2.24) is 10.2 Å². The summed E-state index contributed by atoms with van der Waals surface area (Å²) in [7, 11) is 0. The third-order valence-electron chi connectivity index (χ3n) is 3.81. The Balaban J connectivity index is 1.83. The second-order valence-electron chi connectivity index (χ2n) is 5.10. The van der Waals surface area contributed by atoms with Gasteiger partial charge in [-0.1, -0.05) is 17.7 Å². The van der Waals surface area contributed by atoms with Crippen molar-refractivity contribution in [2.75, 3.05) is 6.54 Å². The molecular formula is C14H16N2O2. The molecule has 1 aromatic carbocycles. The number of nitrogens with zero attached hydrogens (tertiary/aromatic N) is 1. The van der Waals surface area contributed by atoms with E-state index in [1.54, 1.807) is 0 Å². The Morgan fingerprint density at radius 3 is 3.06 bits per heavy atom. The molecule has 2 heterocycles. The number of hydrogen-bond acceptors (Lipinski definition) is 2. The summed E-state index contributed by atoms with van der Waals surface area (Å²) >= 11 is 0. The molecule has 94 valence electrons. The normalized spacial score (nSPS) is 26.1. The molecule has 0 bridgehead atoms. The van der Waals surface area contributed by atoms with Crippen LogP contribution in [-0.2, 0) is 4.79 Å². The number of likely N-dealkylation sites (tertiary alicyclic amines) is 1. The van der Waals surface area contributed by atoms with E-state index in [4.69, 9.17) is 0 Å². The number of hydrogen-bond donors (Lipinski definition) is 1. The minimum Gasteiger partial charge on any atom is -0.351 e. The molecule has 2 atom stereocenters. The van der Waals surface area contributed by atoms with Crippen LogP contribution in [0.4, 0.5) is 0 Å². The molecule has 2 amide bonds. The summed E-state index contributed by atoms with van der Waals surface area (Å²) in [6.07, 6.45) is 1.32. The predicted octanol–water partition coefficient (Wildman–Crippen LogP) is 1.10. The Bertz CT molecular complexity index is 512. The first-order valence-electron chi connectivity index (χ1n) is 6.32. The number of nitrogens with one attached hydrogen (secondary N) is 1. The predicted molar refractivity (Wildman–Crippen MR) is 67.2 cm³/mol. The van der Waals surface area contributed by atoms with E-state index in [1.165, 1.54) is 0 Å². The number of aryl methyl sites for hydroxylation is 1. The maximum Gasteiger partial charge on any atom is 0.254 e. The summed E-state index contributed by atoms with van der Waals surface area (Å²) in [5.41, 5.74) is 1.80. The van der Waals surface area contributed by atoms with Gasteiger partial charge in [0.25, 0.3) is 5.91 Å². The van der Waals surface area contributed by atoms with Crippen LogP contribution in [0.5, 0.6) is 0 Å². The van der Waals surface area contributed by atoms with E-state index in [0.717, 1.165) is 24.1 Å². The Morgan fingerprint density at radius 1 is 1.44 bits per heavy atom. The zero-order chi connectivity index (χ0) is 12.7. The van der Waals surface area contributed by atoms with Gasteiger partial charge in [0.15, 0.2) is 0 Å². The van der Waals surface area contributed by atoms with Crippen LogP contribution in [0.15, 0.2) is 24.3 Å². The molecule has 1 N–H and O–H groups in total. The van der Waals surface area contributed by atoms with Crippen LogP contribution in [0.2, 0.25) is 0 Å². The van der Waals surface area contributed by atoms with Crippen LogP contribution in [-0.4, -0.2) is 35.3 Å². The molecule has 4 nitrogen and oxygen atoms in total. The monoisotopic (exact) mass is 244 g/mol. The summed E-state index contributed by atoms with van der Waals surface area (Å²) < 4.78 is 0. The molecule has 2 fully saturated rings. The van der Waals surface area contributed by atoms with E-state index < -0.39 is 0 Å². The third-order valence-corrected chi connectivity index (χ3v) is 3.81. The fraction of sp³-hybridized carbons (Fsp3) is 0.429. The maximum atomic E-state index is 12.4. The summed E-state index contributed by atoms with van der Waals surface area (Å²) in [4.78, 5) is 25.6. The zero-order valence-corrected chi connectivity index (χ0v) is 10.3. The molecular weight excluding hydrogens is 228 g/mol. The molecule has 0 radical (unpaired) electrons. The first-order chi connectivity index (χ1) is 8.65. The molecule has 2 saturated heterocycles. The van der Waals surface area contributed by atoms with Crippen molar-refractivity contribution in [3.05, 3.63) is 35.4 Å². The van der Waals surface area contributed by atoms with Crippen molar-refractivity contribution < 1.29 is 9.59 Å². The lowest BCUT2D eigenvalue weighted by Crippen LogP contribution is -2.38. The Kier molecular flexibility index (Phi) is 2.58. The Hall–Kier alpha value is -1.84. The quantitative estimate of drug-likeness (QED) is 0.804. The van der Waals surface area contributed by atoms with E-state index in [1.807, 2.05) is 36.1 Å². The zero-order valence-electron chi connectivity index (χ0n) is 10.3. The van der Waals surface area contributed by atoms with Gasteiger partial charge in [-0.2, -0.15) is 0 Å². The number of benzene rings is 1. The second kappa shape index (κ2) is 4.12. The van der Waals surface area contributed by atoms with Crippen molar-refractivity contribution in [1.29, 1.82) is 0 Å². The van der Waals surface area contributed by atoms with E-state index in [9.17, 15) is 9.59 Å². The van der Waals surface area contributed by atoms with Crippen molar-refractivity contribution in [2.45, 2.75) is 31.8 Å². The average Bonchev–Trinajstić information content (AvgIpc) is 2.87. The van der Waals surface area contributed by atoms with E-state index in [0.29, 0.717) is 6.42 Å². The van der Waals surface area contributed by atoms with Crippen molar-refractivity contribution >= 4 is 11.8 Å². The summed E-state index contributed by atoms with van der Waals surface area (Å²) in [6.45, 7) is 2.71. The molecule has 0 unspecified atom stereocenters. The summed E-state index contributed by atoms with van der Waals surface area (Å²) in [6, 6.07) is 7.82. The SMILES string of the molecule is Cc1cccc(C(=O)N2CC[C@@H]3NC(=O)C[C@H]32)c1. The molecule has 2 aliphatic heterocycles. The maximum absolute atomic E-state index is 12.4. The van der Waals surface area contributed by atoms with Crippen molar-refractivity contribution in [2.24, 2.45) is 0 Å². The highest BCUT2D eigenvalue weighted by Crippen LogP contribution is 2.27. The average molecular weight is 244 g/mol. The molecule has 4 heteroatoms. The largest absolute Gasteiger partial charge is 0.351 e. The molecule has 0 saturated carbocycles. The number of carbonyl (C=O) groups excluding carboxylic acids is 2. The van der Waals surface area contributed by atoms with Crippen LogP contribution in [0.1, 0.15) is 28.8 Å². The van der Waals surface area contributed by atoms with Crippen LogP contribution in [0.25, 0.3) is 0 Å². The third kappa shape index (κ3) is 1.78. The van der Waals surface area contributed by atoms with Crippen LogP contribution < -0.4 is 5.32 Å². The van der Waals surface area contributed by atoms with Gasteiger partial charge in [-0.05, 0) is 25.5 Å². The van der Waals surface area contributed by atoms with Gasteiger partial charge in [-0.15, -0.1) is 0 Å². The highest BCUT2D eigenvalue weighted by atomic mass is 16.2. The van der Waals surface area contributed by atoms with Gasteiger partial charge >= 0.3 is 0 Å². The van der Waals surface area contributed by atoms with Crippen LogP contribution >= 0.6 is 0 Å². The van der Waals surface area contributed by atoms with Gasteiger partial charge in [0, 0.05) is 18.5 Å². The highest BCUT2D eigenvalue weighted by molar-refractivity contribution is 5.95. The second-order valence-corrected chi connectivity index (χ2v) is 5.10. The molecule has 0 aliphatic carbocycles. The number of rotatable bonds is 1. The molecule has 3 rings (SSSR count). The molecule has 0 aromatic heterocycles. The molecule has 1 aromatic rings. The smallest absolute Gasteiger partial charge is 0.254 e. The Labute approximate surface area is 106 Å².